The highest BCUT2D eigenvalue weighted by Gasteiger charge is 2.53. The highest BCUT2D eigenvalue weighted by Crippen LogP contribution is 2.42. The quantitative estimate of drug-likeness (QED) is 0.523. The third kappa shape index (κ3) is 1.66. The van der Waals surface area contributed by atoms with Crippen LogP contribution in [0.3, 0.4) is 0 Å². The van der Waals surface area contributed by atoms with Crippen molar-refractivity contribution in [1.82, 2.24) is 4.72 Å². The van der Waals surface area contributed by atoms with E-state index in [-0.39, 0.29) is 0 Å². The van der Waals surface area contributed by atoms with Crippen LogP contribution in [0.4, 0.5) is 0 Å². The van der Waals surface area contributed by atoms with Crippen LogP contribution in [-0.4, -0.2) is 24.6 Å². The molecule has 1 fully saturated rings. The smallest absolute Gasteiger partial charge is 0.267 e. The molecule has 2 rings (SSSR count). The summed E-state index contributed by atoms with van der Waals surface area (Å²) in [5.74, 6) is 3.89. The first-order valence-electron chi connectivity index (χ1n) is 5.26. The summed E-state index contributed by atoms with van der Waals surface area (Å²) in [6.45, 7) is 5.11. The van der Waals surface area contributed by atoms with E-state index in [9.17, 15) is 13.2 Å². The molecule has 2 atom stereocenters. The topological polar surface area (TPSA) is 89.3 Å². The van der Waals surface area contributed by atoms with E-state index >= 15 is 0 Å². The Balaban J connectivity index is 2.15. The van der Waals surface area contributed by atoms with Crippen LogP contribution in [0, 0.1) is 17.8 Å². The molecule has 0 aromatic carbocycles. The normalized spacial score (nSPS) is 32.7. The number of rotatable bonds is 4. The van der Waals surface area contributed by atoms with Crippen molar-refractivity contribution in [3.8, 4) is 11.8 Å². The summed E-state index contributed by atoms with van der Waals surface area (Å²) in [5.41, 5.74) is 4.29. The summed E-state index contributed by atoms with van der Waals surface area (Å²) in [4.78, 5) is 11.8. The fraction of sp³-hybridized carbons (Fsp3) is 0.545. The van der Waals surface area contributed by atoms with E-state index in [0.29, 0.717) is 12.8 Å². The maximum absolute atomic E-state index is 11.8. The lowest BCUT2D eigenvalue weighted by atomic mass is 9.78. The van der Waals surface area contributed by atoms with Gasteiger partial charge in [0, 0.05) is 0 Å². The average Bonchev–Trinajstić information content (AvgIpc) is 2.95. The van der Waals surface area contributed by atoms with Gasteiger partial charge in [0.1, 0.15) is 0 Å². The van der Waals surface area contributed by atoms with E-state index in [1.165, 1.54) is 6.08 Å². The Morgan fingerprint density at radius 1 is 1.59 bits per heavy atom. The standard InChI is InChI=1S/C11H14N2O3S/c1-3-8-4-5-11(8,12)9(14)13-17(15,16)10(2)6-7-10/h3,8H,1,6-7,12H2,2H3,(H,13,14)/t8-,11+/m0/s1. The van der Waals surface area contributed by atoms with Crippen LogP contribution in [0.15, 0.2) is 12.7 Å². The maximum Gasteiger partial charge on any atom is 0.267 e. The molecule has 0 spiro atoms. The molecular weight excluding hydrogens is 240 g/mol. The third-order valence-electron chi connectivity index (χ3n) is 3.37. The molecule has 0 heterocycles. The van der Waals surface area contributed by atoms with Gasteiger partial charge in [-0.1, -0.05) is 17.9 Å². The van der Waals surface area contributed by atoms with E-state index in [2.05, 4.69) is 18.4 Å². The van der Waals surface area contributed by atoms with Crippen LogP contribution >= 0.6 is 0 Å². The van der Waals surface area contributed by atoms with Crippen LogP contribution in [0.5, 0.6) is 0 Å². The number of nitrogens with two attached hydrogens (primary N) is 1. The summed E-state index contributed by atoms with van der Waals surface area (Å²) >= 11 is 0. The predicted octanol–water partition coefficient (Wildman–Crippen LogP) is -0.498. The summed E-state index contributed by atoms with van der Waals surface area (Å²) in [7, 11) is -3.66. The van der Waals surface area contributed by atoms with Gasteiger partial charge in [-0.3, -0.25) is 9.52 Å². The Labute approximate surface area is 100 Å². The van der Waals surface area contributed by atoms with Crippen molar-refractivity contribution < 1.29 is 13.2 Å². The van der Waals surface area contributed by atoms with Crippen molar-refractivity contribution in [3.05, 3.63) is 12.7 Å². The summed E-state index contributed by atoms with van der Waals surface area (Å²) in [6, 6.07) is 0. The fourth-order valence-corrected chi connectivity index (χ4v) is 2.83. The number of hydrogen-bond acceptors (Lipinski definition) is 4. The molecule has 0 bridgehead atoms. The van der Waals surface area contributed by atoms with E-state index in [1.807, 2.05) is 4.72 Å². The maximum atomic E-state index is 11.8. The van der Waals surface area contributed by atoms with Crippen molar-refractivity contribution in [3.63, 3.8) is 0 Å². The molecule has 0 saturated heterocycles. The van der Waals surface area contributed by atoms with Crippen molar-refractivity contribution in [2.45, 2.75) is 30.1 Å². The highest BCUT2D eigenvalue weighted by atomic mass is 32.2. The molecule has 17 heavy (non-hydrogen) atoms. The minimum atomic E-state index is -3.66. The first-order valence-corrected chi connectivity index (χ1v) is 6.74. The van der Waals surface area contributed by atoms with Gasteiger partial charge in [-0.05, 0) is 19.8 Å². The Kier molecular flexibility index (Phi) is 2.39. The number of amides is 1. The van der Waals surface area contributed by atoms with Crippen molar-refractivity contribution in [2.75, 3.05) is 0 Å². The molecule has 0 aromatic heterocycles. The minimum absolute atomic E-state index is 0.496. The highest BCUT2D eigenvalue weighted by molar-refractivity contribution is 7.91. The molecule has 1 saturated carbocycles. The Bertz CT molecular complexity index is 551. The van der Waals surface area contributed by atoms with Gasteiger partial charge in [-0.2, -0.15) is 0 Å². The molecule has 6 heteroatoms. The number of carbonyl (C=O) groups is 1. The van der Waals surface area contributed by atoms with Crippen LogP contribution < -0.4 is 10.5 Å². The number of hydrogen-bond donors (Lipinski definition) is 2. The van der Waals surface area contributed by atoms with Crippen LogP contribution in [0.1, 0.15) is 19.8 Å². The third-order valence-corrected chi connectivity index (χ3v) is 5.53. The largest absolute Gasteiger partial charge is 0.306 e. The van der Waals surface area contributed by atoms with Crippen molar-refractivity contribution >= 4 is 15.9 Å². The van der Waals surface area contributed by atoms with Gasteiger partial charge in [0.25, 0.3) is 5.91 Å². The molecule has 5 nitrogen and oxygen atoms in total. The predicted molar refractivity (Wildman–Crippen MR) is 63.1 cm³/mol. The lowest BCUT2D eigenvalue weighted by Gasteiger charge is -2.32. The van der Waals surface area contributed by atoms with Gasteiger partial charge >= 0.3 is 0 Å². The first kappa shape index (κ1) is 12.1. The SMILES string of the molecule is C=C[C@H]1C#C[C@]1(N)C(=O)NS(=O)(=O)C1(C)CC1. The van der Waals surface area contributed by atoms with Gasteiger partial charge in [0.05, 0.1) is 10.7 Å². The molecule has 2 aliphatic rings. The van der Waals surface area contributed by atoms with E-state index in [4.69, 9.17) is 5.73 Å². The van der Waals surface area contributed by atoms with Crippen molar-refractivity contribution in [1.29, 1.82) is 0 Å². The van der Waals surface area contributed by atoms with Crippen LogP contribution in [0.25, 0.3) is 0 Å². The summed E-state index contributed by atoms with van der Waals surface area (Å²) in [5, 5.41) is 0. The second-order valence-corrected chi connectivity index (χ2v) is 6.93. The van der Waals surface area contributed by atoms with Gasteiger partial charge in [0.2, 0.25) is 10.0 Å². The van der Waals surface area contributed by atoms with Gasteiger partial charge in [0.15, 0.2) is 5.54 Å². The monoisotopic (exact) mass is 254 g/mol. The number of nitrogens with one attached hydrogen (secondary N) is 1. The van der Waals surface area contributed by atoms with Crippen molar-refractivity contribution in [2.24, 2.45) is 11.7 Å². The first-order chi connectivity index (χ1) is 7.75. The van der Waals surface area contributed by atoms with Crippen LogP contribution in [-0.2, 0) is 14.8 Å². The summed E-state index contributed by atoms with van der Waals surface area (Å²) < 4.78 is 24.9. The molecule has 0 unspecified atom stereocenters. The molecule has 0 radical (unpaired) electrons. The molecule has 0 aliphatic heterocycles. The zero-order valence-electron chi connectivity index (χ0n) is 9.49. The second-order valence-electron chi connectivity index (χ2n) is 4.74. The second kappa shape index (κ2) is 3.34. The number of sulfonamides is 1. The molecule has 2 aliphatic carbocycles. The van der Waals surface area contributed by atoms with Gasteiger partial charge in [-0.15, -0.1) is 6.58 Å². The summed E-state index contributed by atoms with van der Waals surface area (Å²) in [6.07, 6.45) is 2.56. The minimum Gasteiger partial charge on any atom is -0.306 e. The molecular formula is C11H14N2O3S. The Morgan fingerprint density at radius 3 is 2.53 bits per heavy atom. The van der Waals surface area contributed by atoms with Gasteiger partial charge in [-0.25, -0.2) is 8.42 Å². The molecule has 1 amide bonds. The lowest BCUT2D eigenvalue weighted by molar-refractivity contribution is -0.123. The zero-order valence-corrected chi connectivity index (χ0v) is 10.3. The number of carbonyl (C=O) groups excluding carboxylic acids is 1. The van der Waals surface area contributed by atoms with E-state index in [0.717, 1.165) is 0 Å². The fourth-order valence-electron chi connectivity index (χ4n) is 1.53. The lowest BCUT2D eigenvalue weighted by Crippen LogP contribution is -2.62. The van der Waals surface area contributed by atoms with Gasteiger partial charge < -0.3 is 5.73 Å². The molecule has 3 N–H and O–H groups in total. The average molecular weight is 254 g/mol. The van der Waals surface area contributed by atoms with E-state index in [1.54, 1.807) is 6.92 Å². The Hall–Kier alpha value is -1.32. The molecule has 0 aromatic rings. The molecule has 92 valence electrons. The Morgan fingerprint density at radius 2 is 2.18 bits per heavy atom. The van der Waals surface area contributed by atoms with Crippen LogP contribution in [0.2, 0.25) is 0 Å². The van der Waals surface area contributed by atoms with E-state index < -0.39 is 32.1 Å². The zero-order chi connectivity index (χ0) is 12.9.